The Morgan fingerprint density at radius 3 is 2.04 bits per heavy atom. The molecule has 0 aliphatic rings. The van der Waals surface area contributed by atoms with Crippen LogP contribution >= 0.6 is 0 Å². The molecule has 1 aromatic heterocycles. The molecule has 0 aliphatic carbocycles. The van der Waals surface area contributed by atoms with E-state index in [0.29, 0.717) is 30.3 Å². The second-order valence-electron chi connectivity index (χ2n) is 5.41. The minimum Gasteiger partial charge on any atom is -0.493 e. The first kappa shape index (κ1) is 17.8. The fourth-order valence-corrected chi connectivity index (χ4v) is 1.98. The Balaban J connectivity index is 2.12. The first-order chi connectivity index (χ1) is 11.7. The molecule has 2 aromatic rings. The van der Waals surface area contributed by atoms with E-state index < -0.39 is 0 Å². The Kier molecular flexibility index (Phi) is 7.07. The summed E-state index contributed by atoms with van der Waals surface area (Å²) in [5.74, 6) is 0.980. The lowest BCUT2D eigenvalue weighted by atomic mass is 10.2. The maximum absolute atomic E-state index is 12.4. The summed E-state index contributed by atoms with van der Waals surface area (Å²) in [5, 5.41) is 7.31. The molecule has 0 atom stereocenters. The van der Waals surface area contributed by atoms with Crippen LogP contribution in [0.5, 0.6) is 11.5 Å². The lowest BCUT2D eigenvalue weighted by molar-refractivity contribution is 0.101. The van der Waals surface area contributed by atoms with Crippen molar-refractivity contribution >= 4 is 5.91 Å². The standard InChI is InChI=1S/C17H24N4O3/c1-3-5-7-23-15-9-14(10-16(11-15)24-8-6-4-2)17(22)20-21-12-18-19-13-21/h9-13H,3-8H2,1-2H3,(H,20,22). The Morgan fingerprint density at radius 1 is 1.00 bits per heavy atom. The number of aromatic nitrogens is 3. The molecule has 0 spiro atoms. The molecule has 0 bridgehead atoms. The summed E-state index contributed by atoms with van der Waals surface area (Å²) >= 11 is 0. The van der Waals surface area contributed by atoms with Gasteiger partial charge in [0.25, 0.3) is 5.91 Å². The lowest BCUT2D eigenvalue weighted by Crippen LogP contribution is -2.21. The SMILES string of the molecule is CCCCOc1cc(OCCCC)cc(C(=O)Nn2cnnc2)c1. The van der Waals surface area contributed by atoms with Crippen LogP contribution in [0.25, 0.3) is 0 Å². The largest absolute Gasteiger partial charge is 0.493 e. The van der Waals surface area contributed by atoms with Gasteiger partial charge < -0.3 is 9.47 Å². The van der Waals surface area contributed by atoms with Gasteiger partial charge >= 0.3 is 0 Å². The number of nitrogens with zero attached hydrogens (tertiary/aromatic N) is 3. The van der Waals surface area contributed by atoms with Gasteiger partial charge in [0.2, 0.25) is 0 Å². The van der Waals surface area contributed by atoms with E-state index in [4.69, 9.17) is 9.47 Å². The smallest absolute Gasteiger partial charge is 0.270 e. The summed E-state index contributed by atoms with van der Waals surface area (Å²) in [6.45, 7) is 5.43. The predicted molar refractivity (Wildman–Crippen MR) is 91.0 cm³/mol. The Labute approximate surface area is 142 Å². The maximum Gasteiger partial charge on any atom is 0.270 e. The molecular weight excluding hydrogens is 308 g/mol. The second kappa shape index (κ2) is 9.54. The number of amides is 1. The molecule has 130 valence electrons. The molecule has 7 nitrogen and oxygen atoms in total. The lowest BCUT2D eigenvalue weighted by Gasteiger charge is -2.12. The summed E-state index contributed by atoms with van der Waals surface area (Å²) in [7, 11) is 0. The van der Waals surface area contributed by atoms with E-state index in [1.807, 2.05) is 6.07 Å². The molecule has 2 rings (SSSR count). The molecule has 1 amide bonds. The fraction of sp³-hybridized carbons (Fsp3) is 0.471. The van der Waals surface area contributed by atoms with Gasteiger partial charge in [-0.2, -0.15) is 0 Å². The number of hydrogen-bond donors (Lipinski definition) is 1. The minimum absolute atomic E-state index is 0.281. The van der Waals surface area contributed by atoms with E-state index in [2.05, 4.69) is 29.5 Å². The zero-order chi connectivity index (χ0) is 17.2. The van der Waals surface area contributed by atoms with Crippen molar-refractivity contribution in [1.29, 1.82) is 0 Å². The predicted octanol–water partition coefficient (Wildman–Crippen LogP) is 3.02. The maximum atomic E-state index is 12.4. The highest BCUT2D eigenvalue weighted by Crippen LogP contribution is 2.24. The summed E-state index contributed by atoms with van der Waals surface area (Å²) in [5.41, 5.74) is 3.13. The van der Waals surface area contributed by atoms with Gasteiger partial charge in [-0.1, -0.05) is 26.7 Å². The second-order valence-corrected chi connectivity index (χ2v) is 5.41. The number of unbranched alkanes of at least 4 members (excludes halogenated alkanes) is 2. The average molecular weight is 332 g/mol. The summed E-state index contributed by atoms with van der Waals surface area (Å²) in [4.78, 5) is 12.4. The van der Waals surface area contributed by atoms with Crippen LogP contribution in [-0.2, 0) is 0 Å². The van der Waals surface area contributed by atoms with Gasteiger partial charge in [-0.05, 0) is 25.0 Å². The highest BCUT2D eigenvalue weighted by Gasteiger charge is 2.11. The molecule has 0 saturated heterocycles. The minimum atomic E-state index is -0.281. The number of benzene rings is 1. The van der Waals surface area contributed by atoms with Crippen LogP contribution in [-0.4, -0.2) is 34.0 Å². The van der Waals surface area contributed by atoms with E-state index in [-0.39, 0.29) is 5.91 Å². The third-order valence-corrected chi connectivity index (χ3v) is 3.32. The number of carbonyl (C=O) groups excluding carboxylic acids is 1. The van der Waals surface area contributed by atoms with Crippen molar-refractivity contribution in [2.75, 3.05) is 18.6 Å². The van der Waals surface area contributed by atoms with E-state index in [0.717, 1.165) is 25.7 Å². The molecule has 0 saturated carbocycles. The third kappa shape index (κ3) is 5.57. The van der Waals surface area contributed by atoms with Crippen LogP contribution in [0.2, 0.25) is 0 Å². The van der Waals surface area contributed by atoms with Crippen LogP contribution in [0.3, 0.4) is 0 Å². The van der Waals surface area contributed by atoms with Gasteiger partial charge in [-0.15, -0.1) is 10.2 Å². The number of nitrogens with one attached hydrogen (secondary N) is 1. The first-order valence-corrected chi connectivity index (χ1v) is 8.29. The van der Waals surface area contributed by atoms with Crippen molar-refractivity contribution in [2.45, 2.75) is 39.5 Å². The van der Waals surface area contributed by atoms with Gasteiger partial charge in [0.15, 0.2) is 0 Å². The van der Waals surface area contributed by atoms with Gasteiger partial charge in [0, 0.05) is 11.6 Å². The Morgan fingerprint density at radius 2 is 1.54 bits per heavy atom. The highest BCUT2D eigenvalue weighted by atomic mass is 16.5. The van der Waals surface area contributed by atoms with Crippen molar-refractivity contribution in [3.05, 3.63) is 36.4 Å². The van der Waals surface area contributed by atoms with Crippen LogP contribution in [0.4, 0.5) is 0 Å². The third-order valence-electron chi connectivity index (χ3n) is 3.32. The van der Waals surface area contributed by atoms with Gasteiger partial charge in [0.1, 0.15) is 24.2 Å². The zero-order valence-corrected chi connectivity index (χ0v) is 14.2. The number of ether oxygens (including phenoxy) is 2. The monoisotopic (exact) mass is 332 g/mol. The highest BCUT2D eigenvalue weighted by molar-refractivity contribution is 6.00. The van der Waals surface area contributed by atoms with E-state index >= 15 is 0 Å². The van der Waals surface area contributed by atoms with Crippen LogP contribution < -0.4 is 14.9 Å². The summed E-state index contributed by atoms with van der Waals surface area (Å²) in [6, 6.07) is 5.24. The molecule has 1 heterocycles. The van der Waals surface area contributed by atoms with Gasteiger partial charge in [-0.25, -0.2) is 4.68 Å². The van der Waals surface area contributed by atoms with E-state index in [1.165, 1.54) is 17.3 Å². The molecule has 1 aromatic carbocycles. The molecule has 7 heteroatoms. The molecule has 1 N–H and O–H groups in total. The first-order valence-electron chi connectivity index (χ1n) is 8.29. The normalized spacial score (nSPS) is 10.4. The quantitative estimate of drug-likeness (QED) is 0.677. The molecular formula is C17H24N4O3. The molecule has 0 fully saturated rings. The molecule has 0 aliphatic heterocycles. The van der Waals surface area contributed by atoms with Gasteiger partial charge in [0.05, 0.1) is 13.2 Å². The number of carbonyl (C=O) groups is 1. The van der Waals surface area contributed by atoms with Crippen molar-refractivity contribution < 1.29 is 14.3 Å². The molecule has 24 heavy (non-hydrogen) atoms. The Hall–Kier alpha value is -2.57. The van der Waals surface area contributed by atoms with Crippen LogP contribution in [0.1, 0.15) is 49.9 Å². The van der Waals surface area contributed by atoms with Crippen molar-refractivity contribution in [2.24, 2.45) is 0 Å². The Bertz CT molecular complexity index is 601. The average Bonchev–Trinajstić information content (AvgIpc) is 3.08. The van der Waals surface area contributed by atoms with Crippen molar-refractivity contribution in [3.63, 3.8) is 0 Å². The van der Waals surface area contributed by atoms with Gasteiger partial charge in [-0.3, -0.25) is 10.2 Å². The summed E-state index contributed by atoms with van der Waals surface area (Å²) < 4.78 is 12.8. The molecule has 0 unspecified atom stereocenters. The van der Waals surface area contributed by atoms with Crippen LogP contribution in [0.15, 0.2) is 30.9 Å². The van der Waals surface area contributed by atoms with E-state index in [9.17, 15) is 4.79 Å². The molecule has 0 radical (unpaired) electrons. The zero-order valence-electron chi connectivity index (χ0n) is 14.2. The van der Waals surface area contributed by atoms with Crippen molar-refractivity contribution in [3.8, 4) is 11.5 Å². The number of hydrogen-bond acceptors (Lipinski definition) is 5. The van der Waals surface area contributed by atoms with E-state index in [1.54, 1.807) is 12.1 Å². The van der Waals surface area contributed by atoms with Crippen molar-refractivity contribution in [1.82, 2.24) is 14.9 Å². The van der Waals surface area contributed by atoms with Crippen LogP contribution in [0, 0.1) is 0 Å². The topological polar surface area (TPSA) is 78.3 Å². The number of rotatable bonds is 10. The fourth-order valence-electron chi connectivity index (χ4n) is 1.98. The summed E-state index contributed by atoms with van der Waals surface area (Å²) in [6.07, 6.45) is 6.85.